The Bertz CT molecular complexity index is 1410. The largest absolute Gasteiger partial charge is 0.366 e. The fraction of sp³-hybridized carbons (Fsp3) is 0.200. The van der Waals surface area contributed by atoms with Crippen LogP contribution in [-0.2, 0) is 11.3 Å². The van der Waals surface area contributed by atoms with Crippen molar-refractivity contribution in [1.82, 2.24) is 19.6 Å². The smallest absolute Gasteiger partial charge is 0.263 e. The van der Waals surface area contributed by atoms with E-state index >= 15 is 0 Å². The lowest BCUT2D eigenvalue weighted by Gasteiger charge is -2.36. The lowest BCUT2D eigenvalue weighted by molar-refractivity contribution is -0.132. The molecule has 1 aliphatic rings. The monoisotopic (exact) mass is 477 g/mol. The third kappa shape index (κ3) is 4.68. The molecule has 3 heterocycles. The summed E-state index contributed by atoms with van der Waals surface area (Å²) in [5.74, 6) is -0.663. The molecule has 35 heavy (non-hydrogen) atoms. The number of carbonyl (C=O) groups is 1. The maximum absolute atomic E-state index is 14.1. The molecule has 0 saturated carbocycles. The average Bonchev–Trinajstić information content (AvgIpc) is 3.36. The van der Waals surface area contributed by atoms with E-state index in [1.807, 2.05) is 4.90 Å². The topological polar surface area (TPSA) is 84.5 Å². The number of carbonyl (C=O) groups excluding carboxylic acids is 1. The molecule has 1 amide bonds. The molecule has 2 aromatic carbocycles. The Kier molecular flexibility index (Phi) is 6.09. The van der Waals surface area contributed by atoms with Gasteiger partial charge in [0.05, 0.1) is 5.69 Å². The van der Waals surface area contributed by atoms with Crippen LogP contribution in [0, 0.1) is 11.6 Å². The van der Waals surface area contributed by atoms with Crippen molar-refractivity contribution >= 4 is 11.6 Å². The molecule has 8 nitrogen and oxygen atoms in total. The van der Waals surface area contributed by atoms with Crippen molar-refractivity contribution in [3.8, 4) is 22.8 Å². The standard InChI is InChI=1S/C25H21F2N5O3/c26-18-9-7-17(8-10-18)23-28-24(35-29-23)19-4-3-11-32(25(19)34)16-22(33)31-14-12-30(13-15-31)21-6-2-1-5-20(21)27/h1-11H,12-16H2. The first-order valence-corrected chi connectivity index (χ1v) is 11.1. The van der Waals surface area contributed by atoms with Crippen molar-refractivity contribution in [3.63, 3.8) is 0 Å². The summed E-state index contributed by atoms with van der Waals surface area (Å²) in [6.45, 7) is 1.69. The van der Waals surface area contributed by atoms with Gasteiger partial charge in [0.1, 0.15) is 23.7 Å². The third-order valence-electron chi connectivity index (χ3n) is 5.91. The summed E-state index contributed by atoms with van der Waals surface area (Å²) in [5, 5.41) is 3.87. The van der Waals surface area contributed by atoms with Gasteiger partial charge in [0.2, 0.25) is 11.7 Å². The van der Waals surface area contributed by atoms with Gasteiger partial charge in [-0.25, -0.2) is 8.78 Å². The Morgan fingerprint density at radius 3 is 2.43 bits per heavy atom. The van der Waals surface area contributed by atoms with Crippen LogP contribution < -0.4 is 10.5 Å². The summed E-state index contributed by atoms with van der Waals surface area (Å²) >= 11 is 0. The second-order valence-corrected chi connectivity index (χ2v) is 8.10. The zero-order valence-electron chi connectivity index (χ0n) is 18.6. The van der Waals surface area contributed by atoms with Gasteiger partial charge in [0, 0.05) is 37.9 Å². The highest BCUT2D eigenvalue weighted by atomic mass is 19.1. The van der Waals surface area contributed by atoms with Gasteiger partial charge in [-0.15, -0.1) is 0 Å². The van der Waals surface area contributed by atoms with Crippen molar-refractivity contribution in [1.29, 1.82) is 0 Å². The Balaban J connectivity index is 1.27. The Hall–Kier alpha value is -4.34. The molecule has 10 heteroatoms. The molecule has 0 unspecified atom stereocenters. The van der Waals surface area contributed by atoms with Gasteiger partial charge in [-0.3, -0.25) is 9.59 Å². The number of para-hydroxylation sites is 1. The molecule has 5 rings (SSSR count). The van der Waals surface area contributed by atoms with Gasteiger partial charge in [-0.05, 0) is 48.5 Å². The number of halogens is 2. The van der Waals surface area contributed by atoms with Gasteiger partial charge in [0.15, 0.2) is 0 Å². The van der Waals surface area contributed by atoms with Crippen LogP contribution in [0.15, 0.2) is 76.2 Å². The van der Waals surface area contributed by atoms with E-state index in [-0.39, 0.29) is 41.4 Å². The van der Waals surface area contributed by atoms with Crippen LogP contribution in [0.25, 0.3) is 22.8 Å². The number of hydrogen-bond donors (Lipinski definition) is 0. The molecule has 0 spiro atoms. The van der Waals surface area contributed by atoms with Crippen molar-refractivity contribution in [2.45, 2.75) is 6.54 Å². The van der Waals surface area contributed by atoms with E-state index in [4.69, 9.17) is 4.52 Å². The van der Waals surface area contributed by atoms with Crippen LogP contribution >= 0.6 is 0 Å². The molecular formula is C25H21F2N5O3. The van der Waals surface area contributed by atoms with Crippen molar-refractivity contribution in [3.05, 3.63) is 88.8 Å². The Morgan fingerprint density at radius 1 is 0.943 bits per heavy atom. The number of nitrogens with zero attached hydrogens (tertiary/aromatic N) is 5. The zero-order chi connectivity index (χ0) is 24.4. The first kappa shape index (κ1) is 22.5. The number of amides is 1. The summed E-state index contributed by atoms with van der Waals surface area (Å²) in [5.41, 5.74) is 0.774. The predicted molar refractivity (Wildman–Crippen MR) is 125 cm³/mol. The van der Waals surface area contributed by atoms with E-state index in [0.717, 1.165) is 0 Å². The van der Waals surface area contributed by atoms with Crippen LogP contribution in [0.1, 0.15) is 0 Å². The number of aromatic nitrogens is 3. The fourth-order valence-electron chi connectivity index (χ4n) is 4.02. The van der Waals surface area contributed by atoms with Crippen molar-refractivity contribution < 1.29 is 18.1 Å². The van der Waals surface area contributed by atoms with Gasteiger partial charge in [0.25, 0.3) is 11.4 Å². The van der Waals surface area contributed by atoms with Crippen LogP contribution in [0.2, 0.25) is 0 Å². The normalized spacial score (nSPS) is 13.8. The van der Waals surface area contributed by atoms with Gasteiger partial charge < -0.3 is 18.9 Å². The highest BCUT2D eigenvalue weighted by Crippen LogP contribution is 2.21. The van der Waals surface area contributed by atoms with Crippen molar-refractivity contribution in [2.24, 2.45) is 0 Å². The number of piperazine rings is 1. The lowest BCUT2D eigenvalue weighted by Crippen LogP contribution is -2.50. The lowest BCUT2D eigenvalue weighted by atomic mass is 10.2. The van der Waals surface area contributed by atoms with Gasteiger partial charge in [-0.2, -0.15) is 4.98 Å². The van der Waals surface area contributed by atoms with Crippen LogP contribution in [0.4, 0.5) is 14.5 Å². The van der Waals surface area contributed by atoms with Crippen LogP contribution in [0.3, 0.4) is 0 Å². The molecule has 1 fully saturated rings. The second kappa shape index (κ2) is 9.49. The second-order valence-electron chi connectivity index (χ2n) is 8.10. The minimum absolute atomic E-state index is 0.00891. The van der Waals surface area contributed by atoms with E-state index in [2.05, 4.69) is 10.1 Å². The summed E-state index contributed by atoms with van der Waals surface area (Å²) in [4.78, 5) is 33.7. The van der Waals surface area contributed by atoms with Gasteiger partial charge in [-0.1, -0.05) is 17.3 Å². The maximum Gasteiger partial charge on any atom is 0.263 e. The number of hydrogen-bond acceptors (Lipinski definition) is 6. The van der Waals surface area contributed by atoms with Crippen LogP contribution in [-0.4, -0.2) is 51.7 Å². The minimum atomic E-state index is -0.444. The summed E-state index contributed by atoms with van der Waals surface area (Å²) < 4.78 is 33.8. The number of pyridine rings is 1. The molecule has 2 aromatic heterocycles. The molecule has 1 aliphatic heterocycles. The molecule has 4 aromatic rings. The molecule has 0 atom stereocenters. The summed E-state index contributed by atoms with van der Waals surface area (Å²) in [7, 11) is 0. The summed E-state index contributed by atoms with van der Waals surface area (Å²) in [6.07, 6.45) is 1.52. The Morgan fingerprint density at radius 2 is 1.69 bits per heavy atom. The van der Waals surface area contributed by atoms with E-state index in [1.165, 1.54) is 41.1 Å². The summed E-state index contributed by atoms with van der Waals surface area (Å²) in [6, 6.07) is 15.3. The molecule has 0 radical (unpaired) electrons. The number of rotatable bonds is 5. The molecule has 178 valence electrons. The van der Waals surface area contributed by atoms with E-state index in [9.17, 15) is 18.4 Å². The predicted octanol–water partition coefficient (Wildman–Crippen LogP) is 3.19. The molecule has 0 N–H and O–H groups in total. The molecule has 0 bridgehead atoms. The SMILES string of the molecule is O=C(Cn1cccc(-c2nc(-c3ccc(F)cc3)no2)c1=O)N1CCN(c2ccccc2F)CC1. The highest BCUT2D eigenvalue weighted by molar-refractivity contribution is 5.76. The van der Waals surface area contributed by atoms with Crippen LogP contribution in [0.5, 0.6) is 0 Å². The quantitative estimate of drug-likeness (QED) is 0.439. The first-order chi connectivity index (χ1) is 17.0. The van der Waals surface area contributed by atoms with E-state index in [0.29, 0.717) is 37.4 Å². The molecular weight excluding hydrogens is 456 g/mol. The third-order valence-corrected chi connectivity index (χ3v) is 5.91. The van der Waals surface area contributed by atoms with E-state index in [1.54, 1.807) is 35.2 Å². The fourth-order valence-corrected chi connectivity index (χ4v) is 4.02. The minimum Gasteiger partial charge on any atom is -0.366 e. The average molecular weight is 477 g/mol. The molecule has 1 saturated heterocycles. The zero-order valence-corrected chi connectivity index (χ0v) is 18.6. The van der Waals surface area contributed by atoms with Gasteiger partial charge >= 0.3 is 0 Å². The van der Waals surface area contributed by atoms with E-state index < -0.39 is 5.56 Å². The Labute approximate surface area is 199 Å². The first-order valence-electron chi connectivity index (χ1n) is 11.1. The highest BCUT2D eigenvalue weighted by Gasteiger charge is 2.23. The molecule has 0 aliphatic carbocycles. The maximum atomic E-state index is 14.1. The van der Waals surface area contributed by atoms with Crippen molar-refractivity contribution in [2.75, 3.05) is 31.1 Å². The number of benzene rings is 2. The number of anilines is 1.